The Labute approximate surface area is 113 Å². The molecule has 2 N–H and O–H groups in total. The smallest absolute Gasteiger partial charge is 0.338 e. The lowest BCUT2D eigenvalue weighted by Crippen LogP contribution is -2.15. The minimum atomic E-state index is -0.256. The maximum Gasteiger partial charge on any atom is 0.338 e. The summed E-state index contributed by atoms with van der Waals surface area (Å²) >= 11 is 0. The van der Waals surface area contributed by atoms with Gasteiger partial charge in [-0.3, -0.25) is 0 Å². The van der Waals surface area contributed by atoms with E-state index in [1.54, 1.807) is 12.1 Å². The molecular formula is C15H21NO3. The van der Waals surface area contributed by atoms with E-state index >= 15 is 0 Å². The third-order valence-electron chi connectivity index (χ3n) is 3.55. The predicted octanol–water partition coefficient (Wildman–Crippen LogP) is 2.44. The largest absolute Gasteiger partial charge is 0.462 e. The van der Waals surface area contributed by atoms with Gasteiger partial charge in [-0.25, -0.2) is 4.79 Å². The molecule has 1 aromatic rings. The van der Waals surface area contributed by atoms with E-state index in [0.717, 1.165) is 18.0 Å². The highest BCUT2D eigenvalue weighted by Gasteiger charge is 2.17. The van der Waals surface area contributed by atoms with Crippen molar-refractivity contribution in [2.24, 2.45) is 5.92 Å². The summed E-state index contributed by atoms with van der Waals surface area (Å²) in [6, 6.07) is 7.12. The molecule has 1 aromatic carbocycles. The van der Waals surface area contributed by atoms with Gasteiger partial charge in [0, 0.05) is 12.2 Å². The average molecular weight is 263 g/mol. The van der Waals surface area contributed by atoms with Crippen LogP contribution in [0.3, 0.4) is 0 Å². The van der Waals surface area contributed by atoms with Crippen LogP contribution >= 0.6 is 0 Å². The molecule has 19 heavy (non-hydrogen) atoms. The number of benzene rings is 1. The lowest BCUT2D eigenvalue weighted by atomic mass is 9.83. The molecule has 0 atom stereocenters. The van der Waals surface area contributed by atoms with Crippen molar-refractivity contribution in [3.05, 3.63) is 29.8 Å². The molecule has 0 aliphatic heterocycles. The summed E-state index contributed by atoms with van der Waals surface area (Å²) in [4.78, 5) is 11.8. The highest BCUT2D eigenvalue weighted by atomic mass is 16.5. The maximum absolute atomic E-state index is 11.8. The number of esters is 1. The van der Waals surface area contributed by atoms with Gasteiger partial charge in [0.25, 0.3) is 0 Å². The highest BCUT2D eigenvalue weighted by Crippen LogP contribution is 2.29. The molecule has 4 nitrogen and oxygen atoms in total. The fourth-order valence-electron chi connectivity index (χ4n) is 2.11. The number of anilines is 1. The fourth-order valence-corrected chi connectivity index (χ4v) is 2.11. The zero-order valence-corrected chi connectivity index (χ0v) is 11.1. The molecule has 0 saturated heterocycles. The van der Waals surface area contributed by atoms with Crippen LogP contribution in [-0.4, -0.2) is 30.8 Å². The third-order valence-corrected chi connectivity index (χ3v) is 3.55. The second-order valence-electron chi connectivity index (χ2n) is 4.95. The standard InChI is InChI=1S/C15H21NO3/c17-10-9-16-14-6-4-13(5-7-14)15(18)19-11-8-12-2-1-3-12/h4-7,12,16-17H,1-3,8-11H2. The van der Waals surface area contributed by atoms with Gasteiger partial charge < -0.3 is 15.2 Å². The zero-order valence-electron chi connectivity index (χ0n) is 11.1. The number of nitrogens with one attached hydrogen (secondary N) is 1. The lowest BCUT2D eigenvalue weighted by molar-refractivity contribution is 0.0464. The lowest BCUT2D eigenvalue weighted by Gasteiger charge is -2.24. The summed E-state index contributed by atoms with van der Waals surface area (Å²) in [6.07, 6.45) is 4.87. The predicted molar refractivity (Wildman–Crippen MR) is 74.3 cm³/mol. The number of carbonyl (C=O) groups is 1. The number of hydrogen-bond acceptors (Lipinski definition) is 4. The number of rotatable bonds is 7. The van der Waals surface area contributed by atoms with E-state index in [1.165, 1.54) is 19.3 Å². The van der Waals surface area contributed by atoms with Crippen LogP contribution in [0.4, 0.5) is 5.69 Å². The van der Waals surface area contributed by atoms with E-state index in [2.05, 4.69) is 5.32 Å². The minimum absolute atomic E-state index is 0.0883. The summed E-state index contributed by atoms with van der Waals surface area (Å²) in [5.41, 5.74) is 1.46. The van der Waals surface area contributed by atoms with Gasteiger partial charge in [0.2, 0.25) is 0 Å². The third kappa shape index (κ3) is 4.24. The first kappa shape index (κ1) is 13.9. The molecular weight excluding hydrogens is 242 g/mol. The van der Waals surface area contributed by atoms with Crippen LogP contribution in [0.5, 0.6) is 0 Å². The van der Waals surface area contributed by atoms with Crippen molar-refractivity contribution in [1.29, 1.82) is 0 Å². The molecule has 2 rings (SSSR count). The summed E-state index contributed by atoms with van der Waals surface area (Å²) < 4.78 is 5.26. The topological polar surface area (TPSA) is 58.6 Å². The zero-order chi connectivity index (χ0) is 13.5. The first-order chi connectivity index (χ1) is 9.29. The molecule has 1 aliphatic rings. The Balaban J connectivity index is 1.74. The molecule has 0 bridgehead atoms. The molecule has 0 heterocycles. The van der Waals surface area contributed by atoms with Crippen LogP contribution in [0.25, 0.3) is 0 Å². The van der Waals surface area contributed by atoms with Gasteiger partial charge in [0.05, 0.1) is 18.8 Å². The number of hydrogen-bond donors (Lipinski definition) is 2. The quantitative estimate of drug-likeness (QED) is 0.742. The second-order valence-corrected chi connectivity index (χ2v) is 4.95. The van der Waals surface area contributed by atoms with Crippen LogP contribution in [0.2, 0.25) is 0 Å². The molecule has 0 radical (unpaired) electrons. The van der Waals surface area contributed by atoms with Gasteiger partial charge in [0.1, 0.15) is 0 Å². The Morgan fingerprint density at radius 2 is 2.05 bits per heavy atom. The fraction of sp³-hybridized carbons (Fsp3) is 0.533. The Kier molecular flexibility index (Phi) is 5.21. The molecule has 0 amide bonds. The van der Waals surface area contributed by atoms with E-state index in [4.69, 9.17) is 9.84 Å². The van der Waals surface area contributed by atoms with Crippen LogP contribution < -0.4 is 5.32 Å². The normalized spacial score (nSPS) is 14.8. The van der Waals surface area contributed by atoms with Crippen molar-refractivity contribution < 1.29 is 14.6 Å². The van der Waals surface area contributed by atoms with Crippen LogP contribution in [0.1, 0.15) is 36.0 Å². The second kappa shape index (κ2) is 7.14. The first-order valence-corrected chi connectivity index (χ1v) is 6.91. The molecule has 1 aliphatic carbocycles. The van der Waals surface area contributed by atoms with Gasteiger partial charge in [-0.15, -0.1) is 0 Å². The molecule has 4 heteroatoms. The molecule has 1 saturated carbocycles. The van der Waals surface area contributed by atoms with Crippen molar-refractivity contribution in [2.45, 2.75) is 25.7 Å². The molecule has 0 spiro atoms. The van der Waals surface area contributed by atoms with E-state index in [0.29, 0.717) is 18.7 Å². The molecule has 1 fully saturated rings. The monoisotopic (exact) mass is 263 g/mol. The summed E-state index contributed by atoms with van der Waals surface area (Å²) in [5, 5.41) is 11.7. The van der Waals surface area contributed by atoms with Gasteiger partial charge in [0.15, 0.2) is 0 Å². The van der Waals surface area contributed by atoms with E-state index in [9.17, 15) is 4.79 Å². The number of aliphatic hydroxyl groups excluding tert-OH is 1. The van der Waals surface area contributed by atoms with Gasteiger partial charge in [-0.05, 0) is 36.6 Å². The van der Waals surface area contributed by atoms with E-state index < -0.39 is 0 Å². The van der Waals surface area contributed by atoms with Crippen LogP contribution in [-0.2, 0) is 4.74 Å². The van der Waals surface area contributed by atoms with Crippen molar-refractivity contribution in [1.82, 2.24) is 0 Å². The Morgan fingerprint density at radius 1 is 1.32 bits per heavy atom. The number of carbonyl (C=O) groups excluding carboxylic acids is 1. The van der Waals surface area contributed by atoms with Gasteiger partial charge >= 0.3 is 5.97 Å². The summed E-state index contributed by atoms with van der Waals surface area (Å²) in [7, 11) is 0. The Bertz CT molecular complexity index is 398. The average Bonchev–Trinajstić information content (AvgIpc) is 2.39. The van der Waals surface area contributed by atoms with E-state index in [1.807, 2.05) is 12.1 Å². The van der Waals surface area contributed by atoms with Gasteiger partial charge in [-0.2, -0.15) is 0 Å². The Hall–Kier alpha value is -1.55. The Morgan fingerprint density at radius 3 is 2.63 bits per heavy atom. The maximum atomic E-state index is 11.8. The number of aliphatic hydroxyl groups is 1. The molecule has 0 unspecified atom stereocenters. The van der Waals surface area contributed by atoms with Crippen molar-refractivity contribution >= 4 is 11.7 Å². The van der Waals surface area contributed by atoms with Gasteiger partial charge in [-0.1, -0.05) is 19.3 Å². The number of ether oxygens (including phenoxy) is 1. The van der Waals surface area contributed by atoms with Crippen molar-refractivity contribution in [3.8, 4) is 0 Å². The molecule has 0 aromatic heterocycles. The van der Waals surface area contributed by atoms with Crippen molar-refractivity contribution in [2.75, 3.05) is 25.1 Å². The van der Waals surface area contributed by atoms with Crippen LogP contribution in [0, 0.1) is 5.92 Å². The molecule has 104 valence electrons. The summed E-state index contributed by atoms with van der Waals surface area (Å²) in [6.45, 7) is 1.12. The SMILES string of the molecule is O=C(OCCC1CCC1)c1ccc(NCCO)cc1. The van der Waals surface area contributed by atoms with Crippen LogP contribution in [0.15, 0.2) is 24.3 Å². The highest BCUT2D eigenvalue weighted by molar-refractivity contribution is 5.89. The first-order valence-electron chi connectivity index (χ1n) is 6.91. The summed E-state index contributed by atoms with van der Waals surface area (Å²) in [5.74, 6) is 0.505. The van der Waals surface area contributed by atoms with E-state index in [-0.39, 0.29) is 12.6 Å². The minimum Gasteiger partial charge on any atom is -0.462 e. The van der Waals surface area contributed by atoms with Crippen molar-refractivity contribution in [3.63, 3.8) is 0 Å².